The van der Waals surface area contributed by atoms with Gasteiger partial charge >= 0.3 is 0 Å². The molecule has 30 heavy (non-hydrogen) atoms. The summed E-state index contributed by atoms with van der Waals surface area (Å²) >= 11 is 0. The van der Waals surface area contributed by atoms with Gasteiger partial charge in [0.25, 0.3) is 0 Å². The third-order valence-electron chi connectivity index (χ3n) is 6.09. The zero-order valence-electron chi connectivity index (χ0n) is 17.7. The van der Waals surface area contributed by atoms with Crippen molar-refractivity contribution < 1.29 is 14.3 Å². The molecule has 0 aliphatic carbocycles. The zero-order chi connectivity index (χ0) is 21.1. The molecule has 0 N–H and O–H groups in total. The molecule has 0 radical (unpaired) electrons. The van der Waals surface area contributed by atoms with Crippen LogP contribution < -0.4 is 9.64 Å². The van der Waals surface area contributed by atoms with Gasteiger partial charge in [0.2, 0.25) is 11.8 Å². The third-order valence-corrected chi connectivity index (χ3v) is 6.09. The van der Waals surface area contributed by atoms with Crippen LogP contribution in [-0.4, -0.2) is 61.4 Å². The summed E-state index contributed by atoms with van der Waals surface area (Å²) in [7, 11) is 1.66. The van der Waals surface area contributed by atoms with Gasteiger partial charge in [0.1, 0.15) is 5.75 Å². The van der Waals surface area contributed by atoms with E-state index >= 15 is 0 Å². The molecule has 2 amide bonds. The molecule has 0 spiro atoms. The molecule has 2 aromatic rings. The summed E-state index contributed by atoms with van der Waals surface area (Å²) < 4.78 is 5.22. The molecule has 4 rings (SSSR count). The van der Waals surface area contributed by atoms with Gasteiger partial charge in [-0.2, -0.15) is 0 Å². The molecule has 6 nitrogen and oxygen atoms in total. The summed E-state index contributed by atoms with van der Waals surface area (Å²) in [4.78, 5) is 31.5. The minimum Gasteiger partial charge on any atom is -0.497 e. The molecule has 1 atom stereocenters. The van der Waals surface area contributed by atoms with Crippen LogP contribution in [0.2, 0.25) is 0 Å². The molecule has 2 fully saturated rings. The zero-order valence-corrected chi connectivity index (χ0v) is 17.7. The highest BCUT2D eigenvalue weighted by Crippen LogP contribution is 2.25. The largest absolute Gasteiger partial charge is 0.497 e. The van der Waals surface area contributed by atoms with E-state index in [9.17, 15) is 9.59 Å². The van der Waals surface area contributed by atoms with E-state index in [1.165, 1.54) is 5.56 Å². The monoisotopic (exact) mass is 407 g/mol. The normalized spacial score (nSPS) is 19.3. The third kappa shape index (κ3) is 4.42. The van der Waals surface area contributed by atoms with Crippen LogP contribution in [0.5, 0.6) is 5.75 Å². The standard InChI is InChI=1S/C24H29N3O3/c1-18-3-5-19(6-4-18)16-27-17-20(15-23(27)28)24(29)26-13-11-25(12-14-26)21-7-9-22(30-2)10-8-21/h3-10,20H,11-17H2,1-2H3. The molecule has 158 valence electrons. The van der Waals surface area contributed by atoms with Crippen LogP contribution in [0.15, 0.2) is 48.5 Å². The number of hydrogen-bond donors (Lipinski definition) is 0. The highest BCUT2D eigenvalue weighted by atomic mass is 16.5. The van der Waals surface area contributed by atoms with Crippen molar-refractivity contribution >= 4 is 17.5 Å². The molecule has 0 aromatic heterocycles. The van der Waals surface area contributed by atoms with Gasteiger partial charge in [0.15, 0.2) is 0 Å². The Morgan fingerprint density at radius 3 is 2.30 bits per heavy atom. The number of carbonyl (C=O) groups excluding carboxylic acids is 2. The second kappa shape index (κ2) is 8.78. The number of rotatable bonds is 5. The average molecular weight is 408 g/mol. The first-order valence-corrected chi connectivity index (χ1v) is 10.5. The Balaban J connectivity index is 1.30. The Labute approximate surface area is 178 Å². The van der Waals surface area contributed by atoms with Crippen molar-refractivity contribution in [1.82, 2.24) is 9.80 Å². The fraction of sp³-hybridized carbons (Fsp3) is 0.417. The molecule has 2 aromatic carbocycles. The van der Waals surface area contributed by atoms with Gasteiger partial charge in [0, 0.05) is 51.4 Å². The Morgan fingerprint density at radius 2 is 1.67 bits per heavy atom. The minimum absolute atomic E-state index is 0.0748. The molecule has 1 unspecified atom stereocenters. The topological polar surface area (TPSA) is 53.1 Å². The van der Waals surface area contributed by atoms with E-state index in [-0.39, 0.29) is 17.7 Å². The van der Waals surface area contributed by atoms with Crippen LogP contribution in [0.25, 0.3) is 0 Å². The molecular formula is C24H29N3O3. The lowest BCUT2D eigenvalue weighted by molar-refractivity contribution is -0.136. The molecule has 2 saturated heterocycles. The SMILES string of the molecule is COc1ccc(N2CCN(C(=O)C3CC(=O)N(Cc4ccc(C)cc4)C3)CC2)cc1. The maximum Gasteiger partial charge on any atom is 0.228 e. The molecule has 2 heterocycles. The van der Waals surface area contributed by atoms with Gasteiger partial charge < -0.3 is 19.4 Å². The summed E-state index contributed by atoms with van der Waals surface area (Å²) in [5.41, 5.74) is 3.45. The smallest absolute Gasteiger partial charge is 0.228 e. The molecule has 6 heteroatoms. The number of amides is 2. The maximum absolute atomic E-state index is 13.0. The van der Waals surface area contributed by atoms with Crippen molar-refractivity contribution in [2.75, 3.05) is 44.7 Å². The summed E-state index contributed by atoms with van der Waals surface area (Å²) in [6.07, 6.45) is 0.323. The molecule has 0 saturated carbocycles. The van der Waals surface area contributed by atoms with Crippen LogP contribution >= 0.6 is 0 Å². The number of aryl methyl sites for hydroxylation is 1. The van der Waals surface area contributed by atoms with Gasteiger partial charge in [0.05, 0.1) is 13.0 Å². The van der Waals surface area contributed by atoms with E-state index in [0.717, 1.165) is 30.1 Å². The summed E-state index contributed by atoms with van der Waals surface area (Å²) in [6.45, 7) is 6.12. The van der Waals surface area contributed by atoms with Gasteiger partial charge in [-0.15, -0.1) is 0 Å². The number of methoxy groups -OCH3 is 1. The van der Waals surface area contributed by atoms with E-state index in [2.05, 4.69) is 41.3 Å². The second-order valence-corrected chi connectivity index (χ2v) is 8.17. The van der Waals surface area contributed by atoms with E-state index in [4.69, 9.17) is 4.74 Å². The number of piperazine rings is 1. The first-order valence-electron chi connectivity index (χ1n) is 10.5. The number of likely N-dealkylation sites (tertiary alicyclic amines) is 1. The van der Waals surface area contributed by atoms with Gasteiger partial charge in [-0.3, -0.25) is 9.59 Å². The molecular weight excluding hydrogens is 378 g/mol. The summed E-state index contributed by atoms with van der Waals surface area (Å²) in [6, 6.07) is 16.2. The highest BCUT2D eigenvalue weighted by Gasteiger charge is 2.37. The lowest BCUT2D eigenvalue weighted by atomic mass is 10.1. The Kier molecular flexibility index (Phi) is 5.93. The number of anilines is 1. The highest BCUT2D eigenvalue weighted by molar-refractivity contribution is 5.89. The van der Waals surface area contributed by atoms with Gasteiger partial charge in [-0.25, -0.2) is 0 Å². The number of ether oxygens (including phenoxy) is 1. The predicted molar refractivity (Wildman–Crippen MR) is 116 cm³/mol. The Morgan fingerprint density at radius 1 is 1.00 bits per heavy atom. The quantitative estimate of drug-likeness (QED) is 0.765. The van der Waals surface area contributed by atoms with Crippen molar-refractivity contribution in [3.05, 3.63) is 59.7 Å². The predicted octanol–water partition coefficient (Wildman–Crippen LogP) is 2.70. The van der Waals surface area contributed by atoms with E-state index in [0.29, 0.717) is 32.6 Å². The Bertz CT molecular complexity index is 887. The van der Waals surface area contributed by atoms with E-state index < -0.39 is 0 Å². The fourth-order valence-corrected chi connectivity index (χ4v) is 4.24. The lowest BCUT2D eigenvalue weighted by Gasteiger charge is -2.37. The number of carbonyl (C=O) groups is 2. The summed E-state index contributed by atoms with van der Waals surface area (Å²) in [5, 5.41) is 0. The molecule has 2 aliphatic rings. The number of hydrogen-bond acceptors (Lipinski definition) is 4. The number of nitrogens with zero attached hydrogens (tertiary/aromatic N) is 3. The minimum atomic E-state index is -0.226. The number of benzene rings is 2. The summed E-state index contributed by atoms with van der Waals surface area (Å²) in [5.74, 6) is 0.805. The van der Waals surface area contributed by atoms with Gasteiger partial charge in [-0.05, 0) is 36.8 Å². The lowest BCUT2D eigenvalue weighted by Crippen LogP contribution is -2.50. The van der Waals surface area contributed by atoms with Crippen molar-refractivity contribution in [2.45, 2.75) is 19.9 Å². The average Bonchev–Trinajstić information content (AvgIpc) is 3.15. The first-order chi connectivity index (χ1) is 14.5. The molecule has 0 bridgehead atoms. The maximum atomic E-state index is 13.0. The Hall–Kier alpha value is -3.02. The van der Waals surface area contributed by atoms with Crippen molar-refractivity contribution in [3.63, 3.8) is 0 Å². The fourth-order valence-electron chi connectivity index (χ4n) is 4.24. The van der Waals surface area contributed by atoms with Crippen LogP contribution in [0.1, 0.15) is 17.5 Å². The van der Waals surface area contributed by atoms with E-state index in [1.54, 1.807) is 7.11 Å². The van der Waals surface area contributed by atoms with Crippen LogP contribution in [0, 0.1) is 12.8 Å². The van der Waals surface area contributed by atoms with Crippen LogP contribution in [-0.2, 0) is 16.1 Å². The van der Waals surface area contributed by atoms with Crippen molar-refractivity contribution in [1.29, 1.82) is 0 Å². The van der Waals surface area contributed by atoms with Gasteiger partial charge in [-0.1, -0.05) is 29.8 Å². The van der Waals surface area contributed by atoms with Crippen molar-refractivity contribution in [3.8, 4) is 5.75 Å². The first kappa shape index (κ1) is 20.3. The van der Waals surface area contributed by atoms with E-state index in [1.807, 2.05) is 28.9 Å². The van der Waals surface area contributed by atoms with Crippen LogP contribution in [0.4, 0.5) is 5.69 Å². The molecule has 2 aliphatic heterocycles. The van der Waals surface area contributed by atoms with Crippen molar-refractivity contribution in [2.24, 2.45) is 5.92 Å². The second-order valence-electron chi connectivity index (χ2n) is 8.17. The van der Waals surface area contributed by atoms with Crippen LogP contribution in [0.3, 0.4) is 0 Å².